The quantitative estimate of drug-likeness (QED) is 0.407. The van der Waals surface area contributed by atoms with Crippen LogP contribution in [0.3, 0.4) is 0 Å². The van der Waals surface area contributed by atoms with Gasteiger partial charge in [-0.1, -0.05) is 12.1 Å². The summed E-state index contributed by atoms with van der Waals surface area (Å²) in [6, 6.07) is 6.91. The summed E-state index contributed by atoms with van der Waals surface area (Å²) in [6.07, 6.45) is 0. The average Bonchev–Trinajstić information content (AvgIpc) is 2.85. The number of thiocarbonyl (C=S) groups is 1. The Morgan fingerprint density at radius 3 is 2.32 bits per heavy atom. The van der Waals surface area contributed by atoms with Crippen LogP contribution in [0.4, 0.5) is 5.69 Å². The Balaban J connectivity index is 2.00. The normalized spacial score (nSPS) is 11.0. The third kappa shape index (κ3) is 5.49. The molecule has 28 heavy (non-hydrogen) atoms. The molecule has 0 aliphatic rings. The molecule has 10 heteroatoms. The number of benzene rings is 1. The minimum atomic E-state index is -0.423. The second kappa shape index (κ2) is 8.34. The number of nitrogens with one attached hydrogen (secondary N) is 3. The molecule has 1 heterocycles. The van der Waals surface area contributed by atoms with Gasteiger partial charge in [-0.3, -0.25) is 30.4 Å². The van der Waals surface area contributed by atoms with Gasteiger partial charge in [0.1, 0.15) is 11.4 Å². The highest BCUT2D eigenvalue weighted by Crippen LogP contribution is 2.22. The Bertz CT molecular complexity index is 899. The van der Waals surface area contributed by atoms with Crippen LogP contribution in [0, 0.1) is 24.0 Å². The van der Waals surface area contributed by atoms with E-state index in [-0.39, 0.29) is 17.1 Å². The Kier molecular flexibility index (Phi) is 6.34. The molecule has 2 rings (SSSR count). The number of aromatic nitrogens is 2. The number of rotatable bonds is 4. The van der Waals surface area contributed by atoms with Gasteiger partial charge < -0.3 is 5.32 Å². The maximum Gasteiger partial charge on any atom is 0.312 e. The molecule has 0 saturated carbocycles. The van der Waals surface area contributed by atoms with Gasteiger partial charge in [0.2, 0.25) is 0 Å². The van der Waals surface area contributed by atoms with Crippen LogP contribution < -0.4 is 16.2 Å². The molecule has 2 aromatic rings. The molecule has 150 valence electrons. The van der Waals surface area contributed by atoms with E-state index in [1.54, 1.807) is 42.8 Å². The summed E-state index contributed by atoms with van der Waals surface area (Å²) in [6.45, 7) is 9.53. The average molecular weight is 404 g/mol. The summed E-state index contributed by atoms with van der Waals surface area (Å²) in [4.78, 5) is 22.9. The summed E-state index contributed by atoms with van der Waals surface area (Å²) in [5, 5.41) is 18.7. The van der Waals surface area contributed by atoms with Gasteiger partial charge in [-0.2, -0.15) is 5.10 Å². The van der Waals surface area contributed by atoms with Gasteiger partial charge in [-0.25, -0.2) is 0 Å². The van der Waals surface area contributed by atoms with E-state index >= 15 is 0 Å². The van der Waals surface area contributed by atoms with Gasteiger partial charge in [0.15, 0.2) is 5.11 Å². The smallest absolute Gasteiger partial charge is 0.312 e. The minimum absolute atomic E-state index is 0.0295. The Labute approximate surface area is 168 Å². The van der Waals surface area contributed by atoms with Crippen molar-refractivity contribution in [2.24, 2.45) is 0 Å². The molecule has 0 bridgehead atoms. The van der Waals surface area contributed by atoms with Crippen LogP contribution >= 0.6 is 12.2 Å². The van der Waals surface area contributed by atoms with Crippen LogP contribution in [0.5, 0.6) is 0 Å². The number of hydrogen-bond donors (Lipinski definition) is 3. The lowest BCUT2D eigenvalue weighted by Gasteiger charge is -2.23. The highest BCUT2D eigenvalue weighted by Gasteiger charge is 2.21. The third-order valence-electron chi connectivity index (χ3n) is 3.85. The van der Waals surface area contributed by atoms with Gasteiger partial charge in [0, 0.05) is 11.1 Å². The van der Waals surface area contributed by atoms with Gasteiger partial charge >= 0.3 is 5.69 Å². The lowest BCUT2D eigenvalue weighted by molar-refractivity contribution is -0.386. The predicted octanol–water partition coefficient (Wildman–Crippen LogP) is 2.36. The van der Waals surface area contributed by atoms with Gasteiger partial charge in [0.25, 0.3) is 5.91 Å². The van der Waals surface area contributed by atoms with Crippen LogP contribution in [0.1, 0.15) is 48.1 Å². The predicted molar refractivity (Wildman–Crippen MR) is 110 cm³/mol. The fourth-order valence-electron chi connectivity index (χ4n) is 2.60. The van der Waals surface area contributed by atoms with Crippen LogP contribution in [0.15, 0.2) is 24.3 Å². The van der Waals surface area contributed by atoms with Crippen LogP contribution in [-0.2, 0) is 6.54 Å². The van der Waals surface area contributed by atoms with Crippen LogP contribution in [-0.4, -0.2) is 31.3 Å². The Morgan fingerprint density at radius 1 is 1.21 bits per heavy atom. The molecule has 3 N–H and O–H groups in total. The summed E-state index contributed by atoms with van der Waals surface area (Å²) < 4.78 is 1.58. The van der Waals surface area contributed by atoms with Crippen molar-refractivity contribution < 1.29 is 9.72 Å². The highest BCUT2D eigenvalue weighted by atomic mass is 32.1. The first-order valence-electron chi connectivity index (χ1n) is 8.64. The fourth-order valence-corrected chi connectivity index (χ4v) is 2.95. The third-order valence-corrected chi connectivity index (χ3v) is 4.06. The van der Waals surface area contributed by atoms with Gasteiger partial charge in [-0.15, -0.1) is 0 Å². The zero-order valence-electron chi connectivity index (χ0n) is 16.5. The number of nitrogens with zero attached hydrogens (tertiary/aromatic N) is 3. The summed E-state index contributed by atoms with van der Waals surface area (Å²) in [5.41, 5.74) is 7.21. The zero-order chi connectivity index (χ0) is 21.1. The molecule has 1 amide bonds. The standard InChI is InChI=1S/C18H24N6O3S/c1-11-15(24(26)27)12(2)23(22-11)10-13-6-8-14(9-7-13)16(25)20-21-17(28)19-18(3,4)5/h6-9H,10H2,1-5H3,(H,20,25)(H2,19,21,28). The summed E-state index contributed by atoms with van der Waals surface area (Å²) in [7, 11) is 0. The molecular formula is C18H24N6O3S. The maximum atomic E-state index is 12.2. The monoisotopic (exact) mass is 404 g/mol. The number of hydrogen-bond acceptors (Lipinski definition) is 5. The van der Waals surface area contributed by atoms with E-state index in [0.717, 1.165) is 5.56 Å². The van der Waals surface area contributed by atoms with Crippen molar-refractivity contribution in [1.82, 2.24) is 25.9 Å². The van der Waals surface area contributed by atoms with E-state index in [0.29, 0.717) is 28.6 Å². The zero-order valence-corrected chi connectivity index (χ0v) is 17.3. The SMILES string of the molecule is Cc1nn(Cc2ccc(C(=O)NNC(=S)NC(C)(C)C)cc2)c(C)c1[N+](=O)[O-]. The first kappa shape index (κ1) is 21.3. The number of aryl methyl sites for hydroxylation is 1. The number of amides is 1. The molecule has 0 atom stereocenters. The van der Waals surface area contributed by atoms with Crippen molar-refractivity contribution in [3.63, 3.8) is 0 Å². The Morgan fingerprint density at radius 2 is 1.82 bits per heavy atom. The molecule has 0 unspecified atom stereocenters. The van der Waals surface area contributed by atoms with E-state index in [1.165, 1.54) is 0 Å². The lowest BCUT2D eigenvalue weighted by atomic mass is 10.1. The number of carbonyl (C=O) groups is 1. The van der Waals surface area contributed by atoms with E-state index in [2.05, 4.69) is 21.3 Å². The van der Waals surface area contributed by atoms with Gasteiger partial charge in [0.05, 0.1) is 11.5 Å². The van der Waals surface area contributed by atoms with Crippen molar-refractivity contribution in [2.75, 3.05) is 0 Å². The van der Waals surface area contributed by atoms with E-state index in [9.17, 15) is 14.9 Å². The van der Waals surface area contributed by atoms with Crippen molar-refractivity contribution in [3.8, 4) is 0 Å². The highest BCUT2D eigenvalue weighted by molar-refractivity contribution is 7.80. The molecule has 1 aromatic carbocycles. The lowest BCUT2D eigenvalue weighted by Crippen LogP contribution is -2.52. The second-order valence-electron chi connectivity index (χ2n) is 7.41. The molecule has 0 spiro atoms. The number of carbonyl (C=O) groups excluding carboxylic acids is 1. The van der Waals surface area contributed by atoms with E-state index < -0.39 is 4.92 Å². The van der Waals surface area contributed by atoms with Crippen molar-refractivity contribution in [3.05, 3.63) is 56.9 Å². The van der Waals surface area contributed by atoms with E-state index in [4.69, 9.17) is 12.2 Å². The molecule has 1 aromatic heterocycles. The van der Waals surface area contributed by atoms with Crippen molar-refractivity contribution >= 4 is 28.9 Å². The first-order chi connectivity index (χ1) is 13.0. The number of nitro groups is 1. The number of hydrazine groups is 1. The topological polar surface area (TPSA) is 114 Å². The molecule has 0 aliphatic heterocycles. The molecular weight excluding hydrogens is 380 g/mol. The second-order valence-corrected chi connectivity index (χ2v) is 7.82. The largest absolute Gasteiger partial charge is 0.357 e. The molecule has 9 nitrogen and oxygen atoms in total. The Hall–Kier alpha value is -3.01. The van der Waals surface area contributed by atoms with E-state index in [1.807, 2.05) is 20.8 Å². The fraction of sp³-hybridized carbons (Fsp3) is 0.389. The molecule has 0 fully saturated rings. The van der Waals surface area contributed by atoms with Gasteiger partial charge in [-0.05, 0) is 64.5 Å². The van der Waals surface area contributed by atoms with Crippen LogP contribution in [0.2, 0.25) is 0 Å². The van der Waals surface area contributed by atoms with Crippen LogP contribution in [0.25, 0.3) is 0 Å². The molecule has 0 radical (unpaired) electrons. The summed E-state index contributed by atoms with van der Waals surface area (Å²) >= 11 is 5.11. The van der Waals surface area contributed by atoms with Crippen molar-refractivity contribution in [2.45, 2.75) is 46.7 Å². The molecule has 0 saturated heterocycles. The first-order valence-corrected chi connectivity index (χ1v) is 9.04. The van der Waals surface area contributed by atoms with Crippen molar-refractivity contribution in [1.29, 1.82) is 0 Å². The minimum Gasteiger partial charge on any atom is -0.357 e. The maximum absolute atomic E-state index is 12.2. The summed E-state index contributed by atoms with van der Waals surface area (Å²) in [5.74, 6) is -0.327. The molecule has 0 aliphatic carbocycles.